The van der Waals surface area contributed by atoms with E-state index in [-0.39, 0.29) is 0 Å². The van der Waals surface area contributed by atoms with Crippen molar-refractivity contribution in [1.82, 2.24) is 15.2 Å². The predicted octanol–water partition coefficient (Wildman–Crippen LogP) is 1.93. The van der Waals surface area contributed by atoms with E-state index in [1.807, 2.05) is 17.5 Å². The van der Waals surface area contributed by atoms with Crippen LogP contribution in [0.2, 0.25) is 0 Å². The molecule has 0 spiro atoms. The molecule has 1 aromatic rings. The number of nitrogens with one attached hydrogen (secondary N) is 1. The molecule has 2 fully saturated rings. The normalized spacial score (nSPS) is 21.8. The Balaban J connectivity index is 1.54. The van der Waals surface area contributed by atoms with Gasteiger partial charge in [0.2, 0.25) is 0 Å². The van der Waals surface area contributed by atoms with Crippen LogP contribution in [0.4, 0.5) is 5.13 Å². The van der Waals surface area contributed by atoms with Gasteiger partial charge in [0.25, 0.3) is 0 Å². The summed E-state index contributed by atoms with van der Waals surface area (Å²) in [6.45, 7) is 3.40. The molecule has 0 unspecified atom stereocenters. The molecule has 19 heavy (non-hydrogen) atoms. The van der Waals surface area contributed by atoms with Gasteiger partial charge in [-0.3, -0.25) is 0 Å². The number of rotatable bonds is 5. The second-order valence-corrected chi connectivity index (χ2v) is 7.00. The SMILES string of the molecule is CN1CCC(N(C)c2ncc(CNC3CC3)s2)CC1. The predicted molar refractivity (Wildman–Crippen MR) is 80.9 cm³/mol. The van der Waals surface area contributed by atoms with Gasteiger partial charge in [0.15, 0.2) is 5.13 Å². The quantitative estimate of drug-likeness (QED) is 0.893. The molecule has 0 atom stereocenters. The van der Waals surface area contributed by atoms with E-state index in [1.165, 1.54) is 48.8 Å². The Bertz CT molecular complexity index is 407. The molecule has 0 radical (unpaired) electrons. The van der Waals surface area contributed by atoms with E-state index in [0.717, 1.165) is 12.6 Å². The monoisotopic (exact) mass is 280 g/mol. The first kappa shape index (κ1) is 13.3. The van der Waals surface area contributed by atoms with Crippen molar-refractivity contribution in [2.45, 2.75) is 44.3 Å². The van der Waals surface area contributed by atoms with E-state index in [4.69, 9.17) is 0 Å². The minimum absolute atomic E-state index is 0.659. The molecule has 0 aromatic carbocycles. The third-order valence-electron chi connectivity index (χ3n) is 4.22. The van der Waals surface area contributed by atoms with E-state index in [0.29, 0.717) is 6.04 Å². The molecule has 1 saturated carbocycles. The number of nitrogens with zero attached hydrogens (tertiary/aromatic N) is 3. The lowest BCUT2D eigenvalue weighted by Gasteiger charge is -2.34. The summed E-state index contributed by atoms with van der Waals surface area (Å²) in [4.78, 5) is 10.8. The van der Waals surface area contributed by atoms with E-state index < -0.39 is 0 Å². The maximum atomic E-state index is 4.60. The highest BCUT2D eigenvalue weighted by molar-refractivity contribution is 7.15. The van der Waals surface area contributed by atoms with Crippen LogP contribution < -0.4 is 10.2 Å². The fourth-order valence-electron chi connectivity index (χ4n) is 2.61. The number of anilines is 1. The molecule has 1 saturated heterocycles. The number of piperidine rings is 1. The van der Waals surface area contributed by atoms with Crippen molar-refractivity contribution < 1.29 is 0 Å². The summed E-state index contributed by atoms with van der Waals surface area (Å²) in [6, 6.07) is 1.43. The van der Waals surface area contributed by atoms with Crippen LogP contribution in [-0.4, -0.2) is 49.2 Å². The third kappa shape index (κ3) is 3.46. The molecule has 1 aliphatic heterocycles. The van der Waals surface area contributed by atoms with Gasteiger partial charge in [-0.2, -0.15) is 0 Å². The van der Waals surface area contributed by atoms with Crippen molar-refractivity contribution in [3.8, 4) is 0 Å². The second kappa shape index (κ2) is 5.77. The van der Waals surface area contributed by atoms with Gasteiger partial charge in [-0.1, -0.05) is 0 Å². The summed E-state index contributed by atoms with van der Waals surface area (Å²) < 4.78 is 0. The molecule has 2 aliphatic rings. The van der Waals surface area contributed by atoms with E-state index >= 15 is 0 Å². The zero-order chi connectivity index (χ0) is 13.2. The van der Waals surface area contributed by atoms with Crippen LogP contribution >= 0.6 is 11.3 Å². The highest BCUT2D eigenvalue weighted by atomic mass is 32.1. The summed E-state index contributed by atoms with van der Waals surface area (Å²) in [6.07, 6.45) is 7.24. The topological polar surface area (TPSA) is 31.4 Å². The van der Waals surface area contributed by atoms with Gasteiger partial charge in [-0.25, -0.2) is 4.98 Å². The number of hydrogen-bond donors (Lipinski definition) is 1. The Morgan fingerprint density at radius 3 is 2.79 bits per heavy atom. The van der Waals surface area contributed by atoms with Crippen molar-refractivity contribution in [3.05, 3.63) is 11.1 Å². The molecule has 2 heterocycles. The molecule has 1 aromatic heterocycles. The lowest BCUT2D eigenvalue weighted by atomic mass is 10.0. The van der Waals surface area contributed by atoms with Crippen molar-refractivity contribution in [1.29, 1.82) is 0 Å². The van der Waals surface area contributed by atoms with E-state index in [1.54, 1.807) is 0 Å². The van der Waals surface area contributed by atoms with Gasteiger partial charge in [0, 0.05) is 36.8 Å². The first-order valence-corrected chi connectivity index (χ1v) is 8.13. The molecule has 0 bridgehead atoms. The lowest BCUT2D eigenvalue weighted by Crippen LogP contribution is -2.41. The first-order valence-electron chi connectivity index (χ1n) is 7.32. The minimum Gasteiger partial charge on any atom is -0.348 e. The van der Waals surface area contributed by atoms with Gasteiger partial charge < -0.3 is 15.1 Å². The Labute approximate surface area is 119 Å². The molecule has 4 nitrogen and oxygen atoms in total. The Morgan fingerprint density at radius 2 is 2.11 bits per heavy atom. The number of likely N-dealkylation sites (tertiary alicyclic amines) is 1. The number of aromatic nitrogens is 1. The van der Waals surface area contributed by atoms with Gasteiger partial charge >= 0.3 is 0 Å². The van der Waals surface area contributed by atoms with Gasteiger partial charge in [-0.15, -0.1) is 11.3 Å². The van der Waals surface area contributed by atoms with Crippen LogP contribution in [0.5, 0.6) is 0 Å². The second-order valence-electron chi connectivity index (χ2n) is 5.91. The molecular formula is C14H24N4S. The Morgan fingerprint density at radius 1 is 1.37 bits per heavy atom. The standard InChI is InChI=1S/C14H24N4S/c1-17-7-5-12(6-8-17)18(2)14-16-10-13(19-14)9-15-11-3-4-11/h10-12,15H,3-9H2,1-2H3. The molecule has 1 N–H and O–H groups in total. The van der Waals surface area contributed by atoms with Crippen LogP contribution in [0.15, 0.2) is 6.20 Å². The maximum Gasteiger partial charge on any atom is 0.185 e. The summed E-state index contributed by atoms with van der Waals surface area (Å²) >= 11 is 1.84. The maximum absolute atomic E-state index is 4.60. The average molecular weight is 280 g/mol. The highest BCUT2D eigenvalue weighted by Gasteiger charge is 2.23. The summed E-state index contributed by atoms with van der Waals surface area (Å²) in [5.74, 6) is 0. The fraction of sp³-hybridized carbons (Fsp3) is 0.786. The smallest absolute Gasteiger partial charge is 0.185 e. The minimum atomic E-state index is 0.659. The van der Waals surface area contributed by atoms with Crippen LogP contribution in [0.1, 0.15) is 30.6 Å². The molecule has 106 valence electrons. The lowest BCUT2D eigenvalue weighted by molar-refractivity contribution is 0.253. The average Bonchev–Trinajstić information content (AvgIpc) is 3.13. The van der Waals surface area contributed by atoms with Crippen LogP contribution in [-0.2, 0) is 6.54 Å². The van der Waals surface area contributed by atoms with Gasteiger partial charge in [0.05, 0.1) is 0 Å². The van der Waals surface area contributed by atoms with Crippen LogP contribution in [0.25, 0.3) is 0 Å². The Hall–Kier alpha value is -0.650. The first-order chi connectivity index (χ1) is 9.22. The number of thiazole rings is 1. The molecule has 0 amide bonds. The number of hydrogen-bond acceptors (Lipinski definition) is 5. The van der Waals surface area contributed by atoms with E-state index in [2.05, 4.69) is 34.2 Å². The van der Waals surface area contributed by atoms with Crippen LogP contribution in [0.3, 0.4) is 0 Å². The van der Waals surface area contributed by atoms with Gasteiger partial charge in [0.1, 0.15) is 0 Å². The van der Waals surface area contributed by atoms with Crippen LogP contribution in [0, 0.1) is 0 Å². The zero-order valence-electron chi connectivity index (χ0n) is 11.9. The van der Waals surface area contributed by atoms with Crippen molar-refractivity contribution in [3.63, 3.8) is 0 Å². The fourth-order valence-corrected chi connectivity index (χ4v) is 3.51. The highest BCUT2D eigenvalue weighted by Crippen LogP contribution is 2.27. The summed E-state index contributed by atoms with van der Waals surface area (Å²) in [7, 11) is 4.41. The van der Waals surface area contributed by atoms with Crippen molar-refractivity contribution in [2.75, 3.05) is 32.1 Å². The van der Waals surface area contributed by atoms with Crippen molar-refractivity contribution >= 4 is 16.5 Å². The third-order valence-corrected chi connectivity index (χ3v) is 5.31. The largest absolute Gasteiger partial charge is 0.348 e. The summed E-state index contributed by atoms with van der Waals surface area (Å²) in [5, 5.41) is 4.74. The Kier molecular flexibility index (Phi) is 4.05. The molecule has 3 rings (SSSR count). The molecule has 1 aliphatic carbocycles. The summed E-state index contributed by atoms with van der Waals surface area (Å²) in [5.41, 5.74) is 0. The molecular weight excluding hydrogens is 256 g/mol. The van der Waals surface area contributed by atoms with Crippen molar-refractivity contribution in [2.24, 2.45) is 0 Å². The van der Waals surface area contributed by atoms with Gasteiger partial charge in [-0.05, 0) is 45.8 Å². The zero-order valence-corrected chi connectivity index (χ0v) is 12.7. The van der Waals surface area contributed by atoms with E-state index in [9.17, 15) is 0 Å². The molecule has 5 heteroatoms.